The molecule has 4 aliphatic carbocycles. The van der Waals surface area contributed by atoms with Gasteiger partial charge in [-0.3, -0.25) is 9.59 Å². The number of hydrogen-bond acceptors (Lipinski definition) is 8. The van der Waals surface area contributed by atoms with Crippen LogP contribution in [0.4, 0.5) is 0 Å². The molecule has 63 heavy (non-hydrogen) atoms. The van der Waals surface area contributed by atoms with Crippen molar-refractivity contribution < 1.29 is 29.3 Å². The van der Waals surface area contributed by atoms with Crippen molar-refractivity contribution in [2.45, 2.75) is 180 Å². The summed E-state index contributed by atoms with van der Waals surface area (Å²) in [6.07, 6.45) is 13.4. The number of rotatable bonds is 14. The molecule has 0 bridgehead atoms. The number of ether oxygens (including phenoxy) is 1. The third-order valence-corrected chi connectivity index (χ3v) is 16.5. The number of aliphatic hydroxyl groups excluding tert-OH is 1. The largest absolute Gasteiger partial charge is 0.512 e. The van der Waals surface area contributed by atoms with Gasteiger partial charge in [-0.25, -0.2) is 0 Å². The summed E-state index contributed by atoms with van der Waals surface area (Å²) in [5.41, 5.74) is 11.3. The lowest BCUT2D eigenvalue weighted by atomic mass is 9.35. The van der Waals surface area contributed by atoms with Crippen LogP contribution in [-0.2, 0) is 38.5 Å². The van der Waals surface area contributed by atoms with E-state index in [1.165, 1.54) is 49.7 Å². The van der Waals surface area contributed by atoms with Gasteiger partial charge in [-0.2, -0.15) is 0 Å². The van der Waals surface area contributed by atoms with Crippen molar-refractivity contribution in [2.75, 3.05) is 13.7 Å². The number of aliphatic carboxylic acids is 1. The Kier molecular flexibility index (Phi) is 18.8. The second kappa shape index (κ2) is 22.0. The zero-order chi connectivity index (χ0) is 47.7. The molecule has 354 valence electrons. The molecule has 10 heteroatoms. The van der Waals surface area contributed by atoms with Gasteiger partial charge in [-0.05, 0) is 116 Å². The highest BCUT2D eigenvalue weighted by molar-refractivity contribution is 6.00. The van der Waals surface area contributed by atoms with Gasteiger partial charge >= 0.3 is 0 Å². The molecular weight excluding hydrogens is 789 g/mol. The summed E-state index contributed by atoms with van der Waals surface area (Å²) in [7, 11) is 1.86. The molecule has 4 N–H and O–H groups in total. The van der Waals surface area contributed by atoms with Gasteiger partial charge in [0.2, 0.25) is 0 Å². The maximum atomic E-state index is 14.2. The molecule has 6 rings (SSSR count). The fourth-order valence-corrected chi connectivity index (χ4v) is 12.1. The van der Waals surface area contributed by atoms with Crippen molar-refractivity contribution in [2.24, 2.45) is 56.5 Å². The number of carbonyl (C=O) groups excluding carboxylic acids is 2. The minimum absolute atomic E-state index is 0.0644. The van der Waals surface area contributed by atoms with E-state index >= 15 is 0 Å². The summed E-state index contributed by atoms with van der Waals surface area (Å²) in [6.45, 7) is 32.5. The standard InChI is InChI=1S/C42H64N4O2.C7H12O2.C2H4O2.C2H6/c1-10-30-11-13-31(14-12-30)38-45-44-35(46(38)24-23-43)26-42-22-21-40(7)32(37(42)36(27(2)3)33(47)25-42)15-16-34-39(6,19-18-29(5)48-9)28(4)17-20-41(34,40)8;1-6(9)7(2,3)4-5-8;1-2(3)4;1-2/h11-14,27-29,32,34H,10,15-26,43H2,1-9H3;5,9H,1,4H2,2-3H3;1H3,(H,3,4);1-2H3. The number of nitrogens with zero attached hydrogens (tertiary/aromatic N) is 3. The quantitative estimate of drug-likeness (QED) is 0.124. The summed E-state index contributed by atoms with van der Waals surface area (Å²) >= 11 is 0. The Bertz CT molecular complexity index is 1890. The normalized spacial score (nSPS) is 29.1. The number of methoxy groups -OCH3 is 1. The Hall–Kier alpha value is -3.63. The molecular formula is C53H86N4O6. The molecule has 3 saturated carbocycles. The van der Waals surface area contributed by atoms with Crippen molar-refractivity contribution in [1.82, 2.24) is 14.8 Å². The molecule has 4 aliphatic rings. The van der Waals surface area contributed by atoms with Crippen LogP contribution >= 0.6 is 0 Å². The highest BCUT2D eigenvalue weighted by Gasteiger charge is 2.67. The summed E-state index contributed by atoms with van der Waals surface area (Å²) in [4.78, 5) is 33.2. The number of allylic oxidation sites excluding steroid dienone is 3. The molecule has 2 aromatic rings. The van der Waals surface area contributed by atoms with Crippen LogP contribution in [0.25, 0.3) is 11.4 Å². The highest BCUT2D eigenvalue weighted by Crippen LogP contribution is 2.75. The highest BCUT2D eigenvalue weighted by atomic mass is 16.5. The molecule has 0 saturated heterocycles. The minimum Gasteiger partial charge on any atom is -0.512 e. The maximum Gasteiger partial charge on any atom is 0.300 e. The van der Waals surface area contributed by atoms with E-state index in [2.05, 4.69) is 90.8 Å². The summed E-state index contributed by atoms with van der Waals surface area (Å²) in [5, 5.41) is 25.9. The topological polar surface area (TPSA) is 158 Å². The monoisotopic (exact) mass is 875 g/mol. The summed E-state index contributed by atoms with van der Waals surface area (Å²) in [5.74, 6) is 3.54. The number of aliphatic hydroxyl groups is 1. The number of ketones is 1. The molecule has 0 aliphatic heterocycles. The summed E-state index contributed by atoms with van der Waals surface area (Å²) in [6, 6.07) is 8.71. The number of benzene rings is 1. The second-order valence-electron chi connectivity index (χ2n) is 20.7. The number of hydrogen-bond donors (Lipinski definition) is 3. The number of carboxylic acid groups (broad SMARTS) is 1. The van der Waals surface area contributed by atoms with Gasteiger partial charge in [-0.1, -0.05) is 113 Å². The van der Waals surface area contributed by atoms with Crippen LogP contribution in [0.1, 0.15) is 166 Å². The molecule has 1 aromatic carbocycles. The summed E-state index contributed by atoms with van der Waals surface area (Å²) < 4.78 is 8.00. The third kappa shape index (κ3) is 11.1. The average Bonchev–Trinajstić information content (AvgIpc) is 3.76. The Balaban J connectivity index is 0.000000609. The smallest absolute Gasteiger partial charge is 0.300 e. The lowest BCUT2D eigenvalue weighted by Crippen LogP contribution is -2.62. The van der Waals surface area contributed by atoms with E-state index in [-0.39, 0.29) is 27.9 Å². The SMILES string of the molecule is C=C(O)C(C)(C)CC=O.CC.CC(=O)O.CCc1ccc(-c2nnc(CC34CCC5(C)C(CCC6C(C)(CCC(C)OC)C(C)CCC65C)C3=C(C(C)C)C(=O)C4)n2CCN)cc1. The van der Waals surface area contributed by atoms with Crippen LogP contribution in [0.2, 0.25) is 0 Å². The molecule has 8 atom stereocenters. The fourth-order valence-electron chi connectivity index (χ4n) is 12.1. The molecule has 10 nitrogen and oxygen atoms in total. The third-order valence-electron chi connectivity index (χ3n) is 16.5. The molecule has 1 heterocycles. The van der Waals surface area contributed by atoms with Gasteiger partial charge in [0.1, 0.15) is 12.1 Å². The first-order valence-electron chi connectivity index (χ1n) is 24.1. The average molecular weight is 875 g/mol. The minimum atomic E-state index is -0.833. The van der Waals surface area contributed by atoms with E-state index < -0.39 is 11.4 Å². The van der Waals surface area contributed by atoms with Gasteiger partial charge in [0, 0.05) is 62.8 Å². The number of aryl methyl sites for hydroxylation is 1. The van der Waals surface area contributed by atoms with Crippen molar-refractivity contribution in [1.29, 1.82) is 0 Å². The van der Waals surface area contributed by atoms with E-state index in [0.29, 0.717) is 61.0 Å². The molecule has 0 radical (unpaired) electrons. The van der Waals surface area contributed by atoms with Gasteiger partial charge in [-0.15, -0.1) is 10.2 Å². The maximum absolute atomic E-state index is 14.2. The number of Topliss-reactive ketones (excluding diaryl/α,β-unsaturated/α-hetero) is 1. The number of aromatic nitrogens is 3. The number of carbonyl (C=O) groups is 3. The van der Waals surface area contributed by atoms with Gasteiger partial charge in [0.15, 0.2) is 11.6 Å². The molecule has 1 aromatic heterocycles. The van der Waals surface area contributed by atoms with Gasteiger partial charge in [0.05, 0.1) is 11.9 Å². The van der Waals surface area contributed by atoms with Crippen molar-refractivity contribution in [3.8, 4) is 11.4 Å². The second-order valence-corrected chi connectivity index (χ2v) is 20.7. The van der Waals surface area contributed by atoms with Crippen LogP contribution in [0.5, 0.6) is 0 Å². The predicted molar refractivity (Wildman–Crippen MR) is 256 cm³/mol. The van der Waals surface area contributed by atoms with Crippen LogP contribution in [0.3, 0.4) is 0 Å². The first-order valence-corrected chi connectivity index (χ1v) is 24.1. The van der Waals surface area contributed by atoms with Crippen LogP contribution < -0.4 is 5.73 Å². The fraction of sp³-hybridized carbons (Fsp3) is 0.717. The lowest BCUT2D eigenvalue weighted by molar-refractivity contribution is -0.186. The molecule has 3 fully saturated rings. The molecule has 8 unspecified atom stereocenters. The Morgan fingerprint density at radius 2 is 1.65 bits per heavy atom. The zero-order valence-electron chi connectivity index (χ0n) is 41.8. The predicted octanol–water partition coefficient (Wildman–Crippen LogP) is 11.8. The van der Waals surface area contributed by atoms with E-state index in [9.17, 15) is 9.59 Å². The first kappa shape index (κ1) is 53.7. The van der Waals surface area contributed by atoms with Crippen molar-refractivity contribution >= 4 is 18.0 Å². The molecule has 0 amide bonds. The van der Waals surface area contributed by atoms with Crippen molar-refractivity contribution in [3.05, 3.63) is 59.1 Å². The number of fused-ring (bicyclic) bond motifs is 5. The van der Waals surface area contributed by atoms with E-state index in [0.717, 1.165) is 61.7 Å². The Morgan fingerprint density at radius 1 is 1.03 bits per heavy atom. The van der Waals surface area contributed by atoms with E-state index in [1.54, 1.807) is 13.8 Å². The van der Waals surface area contributed by atoms with Crippen LogP contribution in [0.15, 0.2) is 47.7 Å². The first-order chi connectivity index (χ1) is 29.5. The lowest BCUT2D eigenvalue weighted by Gasteiger charge is -2.69. The van der Waals surface area contributed by atoms with Crippen LogP contribution in [-0.4, -0.2) is 62.8 Å². The molecule has 0 spiro atoms. The van der Waals surface area contributed by atoms with Crippen LogP contribution in [0, 0.1) is 50.7 Å². The van der Waals surface area contributed by atoms with E-state index in [1.807, 2.05) is 21.0 Å². The number of carboxylic acids is 1. The Morgan fingerprint density at radius 3 is 2.16 bits per heavy atom. The van der Waals surface area contributed by atoms with Gasteiger partial charge < -0.3 is 30.0 Å². The Labute approximate surface area is 381 Å². The van der Waals surface area contributed by atoms with Gasteiger partial charge in [0.25, 0.3) is 5.97 Å². The van der Waals surface area contributed by atoms with Crippen molar-refractivity contribution in [3.63, 3.8) is 0 Å². The van der Waals surface area contributed by atoms with E-state index in [4.69, 9.17) is 35.7 Å². The number of nitrogens with two attached hydrogens (primary N) is 1. The number of aldehydes is 1. The zero-order valence-corrected chi connectivity index (χ0v) is 41.8.